The van der Waals surface area contributed by atoms with Crippen LogP contribution in [0, 0.1) is 0 Å². The van der Waals surface area contributed by atoms with Gasteiger partial charge >= 0.3 is 5.51 Å². The average molecular weight is 244 g/mol. The van der Waals surface area contributed by atoms with E-state index in [-0.39, 0.29) is 30.0 Å². The van der Waals surface area contributed by atoms with Gasteiger partial charge in [0.1, 0.15) is 0 Å². The van der Waals surface area contributed by atoms with Gasteiger partial charge in [-0.1, -0.05) is 0 Å². The maximum absolute atomic E-state index is 11.7. The fraction of sp³-hybridized carbons (Fsp3) is 0.875. The first-order valence-electron chi connectivity index (χ1n) is 4.64. The van der Waals surface area contributed by atoms with Crippen LogP contribution in [0.15, 0.2) is 0 Å². The van der Waals surface area contributed by atoms with Crippen LogP contribution in [0.2, 0.25) is 0 Å². The molecule has 2 N–H and O–H groups in total. The highest BCUT2D eigenvalue weighted by molar-refractivity contribution is 8.00. The Labute approximate surface area is 91.2 Å². The molecule has 0 atom stereocenters. The van der Waals surface area contributed by atoms with E-state index >= 15 is 0 Å². The Morgan fingerprint density at radius 3 is 2.53 bits per heavy atom. The molecular weight excluding hydrogens is 229 g/mol. The summed E-state index contributed by atoms with van der Waals surface area (Å²) < 4.78 is 35.0. The highest BCUT2D eigenvalue weighted by Crippen LogP contribution is 2.29. The zero-order chi connectivity index (χ0) is 11.7. The van der Waals surface area contributed by atoms with Crippen LogP contribution in [0.4, 0.5) is 13.2 Å². The molecule has 7 heteroatoms. The molecule has 0 rings (SSSR count). The summed E-state index contributed by atoms with van der Waals surface area (Å²) in [5.74, 6) is -0.118. The van der Waals surface area contributed by atoms with Gasteiger partial charge in [0.25, 0.3) is 0 Å². The van der Waals surface area contributed by atoms with Gasteiger partial charge in [0.05, 0.1) is 0 Å². The molecular formula is C8H15F3N2OS. The molecule has 3 nitrogen and oxygen atoms in total. The lowest BCUT2D eigenvalue weighted by Gasteiger charge is -2.06. The van der Waals surface area contributed by atoms with E-state index in [2.05, 4.69) is 10.6 Å². The molecule has 0 saturated carbocycles. The number of halogens is 3. The van der Waals surface area contributed by atoms with E-state index in [1.807, 2.05) is 6.92 Å². The van der Waals surface area contributed by atoms with Crippen LogP contribution in [0.5, 0.6) is 0 Å². The summed E-state index contributed by atoms with van der Waals surface area (Å²) in [5, 5.41) is 5.36. The second-order valence-corrected chi connectivity index (χ2v) is 3.91. The van der Waals surface area contributed by atoms with E-state index in [0.717, 1.165) is 0 Å². The van der Waals surface area contributed by atoms with Crippen molar-refractivity contribution in [2.45, 2.75) is 18.9 Å². The second kappa shape index (κ2) is 7.81. The Hall–Kier alpha value is -0.430. The quantitative estimate of drug-likeness (QED) is 0.664. The zero-order valence-electron chi connectivity index (χ0n) is 8.49. The van der Waals surface area contributed by atoms with Crippen LogP contribution in [0.1, 0.15) is 13.3 Å². The molecule has 0 spiro atoms. The van der Waals surface area contributed by atoms with E-state index in [1.165, 1.54) is 0 Å². The first kappa shape index (κ1) is 14.6. The lowest BCUT2D eigenvalue weighted by Crippen LogP contribution is -2.28. The van der Waals surface area contributed by atoms with Crippen LogP contribution in [-0.4, -0.2) is 36.8 Å². The van der Waals surface area contributed by atoms with Gasteiger partial charge in [-0.15, -0.1) is 0 Å². The maximum Gasteiger partial charge on any atom is 0.441 e. The second-order valence-electron chi connectivity index (χ2n) is 2.75. The topological polar surface area (TPSA) is 41.1 Å². The van der Waals surface area contributed by atoms with E-state index in [1.54, 1.807) is 0 Å². The smallest absolute Gasteiger partial charge is 0.356 e. The van der Waals surface area contributed by atoms with Crippen molar-refractivity contribution in [1.82, 2.24) is 10.6 Å². The predicted molar refractivity (Wildman–Crippen MR) is 54.7 cm³/mol. The number of amides is 1. The molecule has 0 radical (unpaired) electrons. The van der Waals surface area contributed by atoms with E-state index in [0.29, 0.717) is 19.5 Å². The molecule has 0 unspecified atom stereocenters. The fourth-order valence-electron chi connectivity index (χ4n) is 0.851. The van der Waals surface area contributed by atoms with Crippen molar-refractivity contribution in [3.8, 4) is 0 Å². The van der Waals surface area contributed by atoms with Crippen molar-refractivity contribution < 1.29 is 18.0 Å². The van der Waals surface area contributed by atoms with Crippen molar-refractivity contribution >= 4 is 17.7 Å². The van der Waals surface area contributed by atoms with Crippen LogP contribution in [0.3, 0.4) is 0 Å². The summed E-state index contributed by atoms with van der Waals surface area (Å²) in [4.78, 5) is 10.9. The molecule has 0 fully saturated rings. The Morgan fingerprint density at radius 1 is 1.33 bits per heavy atom. The van der Waals surface area contributed by atoms with Crippen molar-refractivity contribution in [1.29, 1.82) is 0 Å². The highest BCUT2D eigenvalue weighted by Gasteiger charge is 2.27. The summed E-state index contributed by atoms with van der Waals surface area (Å²) in [6, 6.07) is 0. The lowest BCUT2D eigenvalue weighted by molar-refractivity contribution is -0.120. The third kappa shape index (κ3) is 11.5. The molecule has 0 bridgehead atoms. The SMILES string of the molecule is CCNC(=O)CCNCCSC(F)(F)F. The standard InChI is InChI=1S/C8H15F3N2OS/c1-2-13-7(14)3-4-12-5-6-15-8(9,10)11/h12H,2-6H2,1H3,(H,13,14). The van der Waals surface area contributed by atoms with Crippen molar-refractivity contribution in [2.75, 3.05) is 25.4 Å². The largest absolute Gasteiger partial charge is 0.441 e. The molecule has 0 aliphatic heterocycles. The van der Waals surface area contributed by atoms with E-state index in [9.17, 15) is 18.0 Å². The number of carbonyl (C=O) groups excluding carboxylic acids is 1. The Balaban J connectivity index is 3.22. The van der Waals surface area contributed by atoms with Gasteiger partial charge in [-0.2, -0.15) is 13.2 Å². The minimum atomic E-state index is -4.17. The average Bonchev–Trinajstić information content (AvgIpc) is 2.09. The molecule has 0 saturated heterocycles. The number of rotatable bonds is 7. The summed E-state index contributed by atoms with van der Waals surface area (Å²) in [5.41, 5.74) is -4.17. The summed E-state index contributed by atoms with van der Waals surface area (Å²) in [6.07, 6.45) is 0.296. The number of carbonyl (C=O) groups is 1. The number of hydrogen-bond donors (Lipinski definition) is 2. The Kier molecular flexibility index (Phi) is 7.59. The normalized spacial score (nSPS) is 11.5. The van der Waals surface area contributed by atoms with Gasteiger partial charge in [-0.3, -0.25) is 4.79 Å². The predicted octanol–water partition coefficient (Wildman–Crippen LogP) is 1.36. The molecule has 0 aliphatic carbocycles. The van der Waals surface area contributed by atoms with Gasteiger partial charge < -0.3 is 10.6 Å². The molecule has 90 valence electrons. The number of thioether (sulfide) groups is 1. The summed E-state index contributed by atoms with van der Waals surface area (Å²) >= 11 is -0.0604. The molecule has 0 aliphatic rings. The minimum absolute atomic E-state index is 0.0289. The maximum atomic E-state index is 11.7. The highest BCUT2D eigenvalue weighted by atomic mass is 32.2. The zero-order valence-corrected chi connectivity index (χ0v) is 9.30. The van der Waals surface area contributed by atoms with E-state index < -0.39 is 5.51 Å². The molecule has 0 aromatic rings. The molecule has 0 heterocycles. The molecule has 0 aromatic carbocycles. The third-order valence-corrected chi connectivity index (χ3v) is 2.18. The first-order valence-corrected chi connectivity index (χ1v) is 5.62. The monoisotopic (exact) mass is 244 g/mol. The fourth-order valence-corrected chi connectivity index (χ4v) is 1.33. The van der Waals surface area contributed by atoms with Gasteiger partial charge in [-0.05, 0) is 18.7 Å². The number of alkyl halides is 3. The first-order chi connectivity index (χ1) is 6.95. The van der Waals surface area contributed by atoms with Gasteiger partial charge in [0, 0.05) is 31.8 Å². The lowest BCUT2D eigenvalue weighted by atomic mass is 10.4. The van der Waals surface area contributed by atoms with Crippen molar-refractivity contribution in [3.63, 3.8) is 0 Å². The van der Waals surface area contributed by atoms with Gasteiger partial charge in [0.2, 0.25) is 5.91 Å². The van der Waals surface area contributed by atoms with Gasteiger partial charge in [0.15, 0.2) is 0 Å². The summed E-state index contributed by atoms with van der Waals surface area (Å²) in [7, 11) is 0. The van der Waals surface area contributed by atoms with Crippen LogP contribution in [0.25, 0.3) is 0 Å². The molecule has 15 heavy (non-hydrogen) atoms. The van der Waals surface area contributed by atoms with Crippen LogP contribution in [-0.2, 0) is 4.79 Å². The Morgan fingerprint density at radius 2 is 2.00 bits per heavy atom. The number of nitrogens with one attached hydrogen (secondary N) is 2. The van der Waals surface area contributed by atoms with Gasteiger partial charge in [-0.25, -0.2) is 0 Å². The van der Waals surface area contributed by atoms with Crippen molar-refractivity contribution in [2.24, 2.45) is 0 Å². The van der Waals surface area contributed by atoms with E-state index in [4.69, 9.17) is 0 Å². The molecule has 0 aromatic heterocycles. The third-order valence-electron chi connectivity index (χ3n) is 1.45. The van der Waals surface area contributed by atoms with Crippen LogP contribution >= 0.6 is 11.8 Å². The number of hydrogen-bond acceptors (Lipinski definition) is 3. The van der Waals surface area contributed by atoms with Crippen molar-refractivity contribution in [3.05, 3.63) is 0 Å². The Bertz CT molecular complexity index is 187. The minimum Gasteiger partial charge on any atom is -0.356 e. The summed E-state index contributed by atoms with van der Waals surface area (Å²) in [6.45, 7) is 3.04. The molecule has 1 amide bonds. The van der Waals surface area contributed by atoms with Crippen LogP contribution < -0.4 is 10.6 Å².